The molecule has 1 atom stereocenters. The van der Waals surface area contributed by atoms with Gasteiger partial charge in [0.1, 0.15) is 0 Å². The van der Waals surface area contributed by atoms with E-state index in [1.807, 2.05) is 36.4 Å². The molecule has 2 heterocycles. The summed E-state index contributed by atoms with van der Waals surface area (Å²) in [6.07, 6.45) is 5.01. The van der Waals surface area contributed by atoms with E-state index < -0.39 is 0 Å². The van der Waals surface area contributed by atoms with E-state index in [9.17, 15) is 9.59 Å². The van der Waals surface area contributed by atoms with Crippen molar-refractivity contribution in [2.75, 3.05) is 37.6 Å². The Morgan fingerprint density at radius 2 is 1.85 bits per heavy atom. The number of rotatable bonds is 4. The number of anilines is 1. The highest BCUT2D eigenvalue weighted by atomic mass is 35.5. The molecule has 3 aliphatic rings. The molecule has 1 unspecified atom stereocenters. The fourth-order valence-electron chi connectivity index (χ4n) is 3.86. The molecule has 4 rings (SSSR count). The van der Waals surface area contributed by atoms with E-state index in [-0.39, 0.29) is 17.7 Å². The lowest BCUT2D eigenvalue weighted by Gasteiger charge is -2.35. The highest BCUT2D eigenvalue weighted by Crippen LogP contribution is 2.29. The summed E-state index contributed by atoms with van der Waals surface area (Å²) < 4.78 is 0. The summed E-state index contributed by atoms with van der Waals surface area (Å²) in [6, 6.07) is 7.87. The maximum absolute atomic E-state index is 12.4. The normalized spacial score (nSPS) is 22.6. The maximum Gasteiger partial charge on any atom is 0.238 e. The molecule has 0 bridgehead atoms. The fraction of sp³-hybridized carbons (Fsp3) is 0.400. The van der Waals surface area contributed by atoms with Gasteiger partial charge in [-0.15, -0.1) is 0 Å². The molecule has 0 saturated carbocycles. The van der Waals surface area contributed by atoms with E-state index in [1.165, 1.54) is 0 Å². The molecule has 1 aliphatic carbocycles. The average molecular weight is 387 g/mol. The highest BCUT2D eigenvalue weighted by molar-refractivity contribution is 6.30. The number of allylic oxidation sites excluding steroid dienone is 4. The van der Waals surface area contributed by atoms with Crippen LogP contribution in [0.2, 0.25) is 5.02 Å². The molecule has 0 radical (unpaired) electrons. The van der Waals surface area contributed by atoms with Gasteiger partial charge in [0, 0.05) is 60.6 Å². The number of hydrogen-bond acceptors (Lipinski definition) is 4. The van der Waals surface area contributed by atoms with Crippen molar-refractivity contribution in [3.05, 3.63) is 52.8 Å². The summed E-state index contributed by atoms with van der Waals surface area (Å²) in [7, 11) is 0. The fourth-order valence-corrected chi connectivity index (χ4v) is 3.99. The number of carbonyl (C=O) groups is 2. The number of carbonyl (C=O) groups excluding carboxylic acids is 2. The summed E-state index contributed by atoms with van der Waals surface area (Å²) >= 11 is 5.95. The minimum absolute atomic E-state index is 0.00956. The molecule has 142 valence electrons. The van der Waals surface area contributed by atoms with Crippen molar-refractivity contribution in [1.82, 2.24) is 15.5 Å². The third-order valence-electron chi connectivity index (χ3n) is 5.32. The van der Waals surface area contributed by atoms with E-state index in [4.69, 9.17) is 11.6 Å². The largest absolute Gasteiger partial charge is 0.369 e. The molecule has 2 amide bonds. The zero-order chi connectivity index (χ0) is 18.8. The first kappa shape index (κ1) is 18.1. The van der Waals surface area contributed by atoms with Gasteiger partial charge in [0.2, 0.25) is 11.8 Å². The molecule has 2 fully saturated rings. The van der Waals surface area contributed by atoms with Gasteiger partial charge in [0.15, 0.2) is 0 Å². The van der Waals surface area contributed by atoms with Crippen LogP contribution in [0.3, 0.4) is 0 Å². The Bertz CT molecular complexity index is 795. The zero-order valence-electron chi connectivity index (χ0n) is 15.1. The van der Waals surface area contributed by atoms with Crippen LogP contribution < -0.4 is 15.5 Å². The van der Waals surface area contributed by atoms with Crippen LogP contribution in [0.15, 0.2) is 47.8 Å². The smallest absolute Gasteiger partial charge is 0.238 e. The maximum atomic E-state index is 12.4. The van der Waals surface area contributed by atoms with Crippen molar-refractivity contribution in [2.24, 2.45) is 5.92 Å². The Morgan fingerprint density at radius 1 is 1.11 bits per heavy atom. The Labute approximate surface area is 163 Å². The molecular weight excluding hydrogens is 364 g/mol. The Kier molecular flexibility index (Phi) is 5.18. The average Bonchev–Trinajstić information content (AvgIpc) is 3.02. The Hall–Kier alpha value is -2.31. The van der Waals surface area contributed by atoms with Gasteiger partial charge in [-0.05, 0) is 42.8 Å². The van der Waals surface area contributed by atoms with Crippen molar-refractivity contribution in [2.45, 2.75) is 12.8 Å². The Morgan fingerprint density at radius 3 is 2.59 bits per heavy atom. The van der Waals surface area contributed by atoms with Crippen molar-refractivity contribution in [3.8, 4) is 0 Å². The molecule has 0 aromatic heterocycles. The first-order valence-corrected chi connectivity index (χ1v) is 9.68. The highest BCUT2D eigenvalue weighted by Gasteiger charge is 2.30. The number of hydrogen-bond donors (Lipinski definition) is 2. The summed E-state index contributed by atoms with van der Waals surface area (Å²) in [5.41, 5.74) is 3.03. The second-order valence-corrected chi connectivity index (χ2v) is 7.69. The van der Waals surface area contributed by atoms with Gasteiger partial charge < -0.3 is 15.5 Å². The molecule has 2 saturated heterocycles. The second-order valence-electron chi connectivity index (χ2n) is 7.26. The SMILES string of the molecule is O=C(CN1CCN(c2ccc(Cl)cc2)CC1)NC1=CC=C2NC(=O)CC2C1. The molecule has 6 nitrogen and oxygen atoms in total. The minimum Gasteiger partial charge on any atom is -0.369 e. The first-order chi connectivity index (χ1) is 13.1. The predicted octanol–water partition coefficient (Wildman–Crippen LogP) is 1.89. The van der Waals surface area contributed by atoms with Crippen LogP contribution in [0, 0.1) is 5.92 Å². The number of piperazine rings is 1. The quantitative estimate of drug-likeness (QED) is 0.829. The number of halogens is 1. The van der Waals surface area contributed by atoms with Crippen molar-refractivity contribution >= 4 is 29.1 Å². The van der Waals surface area contributed by atoms with Crippen LogP contribution in [0.5, 0.6) is 0 Å². The Balaban J connectivity index is 1.24. The van der Waals surface area contributed by atoms with E-state index in [0.29, 0.717) is 19.4 Å². The number of amides is 2. The van der Waals surface area contributed by atoms with E-state index in [2.05, 4.69) is 20.4 Å². The minimum atomic E-state index is 0.00956. The molecule has 7 heteroatoms. The van der Waals surface area contributed by atoms with Crippen molar-refractivity contribution in [3.63, 3.8) is 0 Å². The lowest BCUT2D eigenvalue weighted by molar-refractivity contribution is -0.121. The van der Waals surface area contributed by atoms with Gasteiger partial charge in [-0.2, -0.15) is 0 Å². The third kappa shape index (κ3) is 4.34. The van der Waals surface area contributed by atoms with E-state index in [1.54, 1.807) is 0 Å². The number of nitrogens with one attached hydrogen (secondary N) is 2. The zero-order valence-corrected chi connectivity index (χ0v) is 15.8. The standard InChI is InChI=1S/C20H23ClN4O2/c21-15-1-4-17(5-2-15)25-9-7-24(8-10-25)13-20(27)22-16-3-6-18-14(11-16)12-19(26)23-18/h1-6,14H,7-13H2,(H,22,27)(H,23,26). The second kappa shape index (κ2) is 7.74. The van der Waals surface area contributed by atoms with Gasteiger partial charge in [-0.1, -0.05) is 11.6 Å². The van der Waals surface area contributed by atoms with Gasteiger partial charge >= 0.3 is 0 Å². The van der Waals surface area contributed by atoms with Crippen LogP contribution in [-0.4, -0.2) is 49.4 Å². The number of benzene rings is 1. The van der Waals surface area contributed by atoms with Crippen LogP contribution in [-0.2, 0) is 9.59 Å². The van der Waals surface area contributed by atoms with Crippen LogP contribution >= 0.6 is 11.6 Å². The molecule has 27 heavy (non-hydrogen) atoms. The van der Waals surface area contributed by atoms with Gasteiger partial charge in [0.05, 0.1) is 6.54 Å². The lowest BCUT2D eigenvalue weighted by atomic mass is 9.94. The van der Waals surface area contributed by atoms with Gasteiger partial charge in [-0.25, -0.2) is 0 Å². The lowest BCUT2D eigenvalue weighted by Crippen LogP contribution is -2.49. The summed E-state index contributed by atoms with van der Waals surface area (Å²) in [5, 5.41) is 6.61. The molecule has 1 aromatic rings. The summed E-state index contributed by atoms with van der Waals surface area (Å²) in [4.78, 5) is 28.4. The van der Waals surface area contributed by atoms with Crippen molar-refractivity contribution in [1.29, 1.82) is 0 Å². The van der Waals surface area contributed by atoms with Crippen LogP contribution in [0.4, 0.5) is 5.69 Å². The van der Waals surface area contributed by atoms with E-state index >= 15 is 0 Å². The number of fused-ring (bicyclic) bond motifs is 1. The molecule has 2 aliphatic heterocycles. The number of nitrogens with zero attached hydrogens (tertiary/aromatic N) is 2. The molecule has 1 aromatic carbocycles. The topological polar surface area (TPSA) is 64.7 Å². The first-order valence-electron chi connectivity index (χ1n) is 9.30. The molecular formula is C20H23ClN4O2. The summed E-state index contributed by atoms with van der Waals surface area (Å²) in [6.45, 7) is 3.86. The predicted molar refractivity (Wildman–Crippen MR) is 105 cm³/mol. The van der Waals surface area contributed by atoms with Crippen LogP contribution in [0.25, 0.3) is 0 Å². The molecule has 2 N–H and O–H groups in total. The van der Waals surface area contributed by atoms with Crippen molar-refractivity contribution < 1.29 is 9.59 Å². The van der Waals surface area contributed by atoms with Gasteiger partial charge in [0.25, 0.3) is 0 Å². The van der Waals surface area contributed by atoms with Gasteiger partial charge in [-0.3, -0.25) is 14.5 Å². The third-order valence-corrected chi connectivity index (χ3v) is 5.57. The molecule has 0 spiro atoms. The monoisotopic (exact) mass is 386 g/mol. The summed E-state index contributed by atoms with van der Waals surface area (Å²) in [5.74, 6) is 0.252. The van der Waals surface area contributed by atoms with Crippen LogP contribution in [0.1, 0.15) is 12.8 Å². The van der Waals surface area contributed by atoms with E-state index in [0.717, 1.165) is 48.3 Å².